The van der Waals surface area contributed by atoms with Gasteiger partial charge in [0.2, 0.25) is 10.0 Å². The molecule has 0 atom stereocenters. The lowest BCUT2D eigenvalue weighted by Crippen LogP contribution is -2.27. The summed E-state index contributed by atoms with van der Waals surface area (Å²) >= 11 is 5.91. The number of carbonyl (C=O) groups excluding carboxylic acids is 1. The summed E-state index contributed by atoms with van der Waals surface area (Å²) in [5, 5.41) is 3.43. The van der Waals surface area contributed by atoms with E-state index in [2.05, 4.69) is 5.32 Å². The predicted octanol–water partition coefficient (Wildman–Crippen LogP) is 3.36. The van der Waals surface area contributed by atoms with E-state index >= 15 is 0 Å². The Balaban J connectivity index is 1.72. The molecule has 3 rings (SSSR count). The van der Waals surface area contributed by atoms with Crippen molar-refractivity contribution in [1.29, 1.82) is 0 Å². The van der Waals surface area contributed by atoms with Crippen LogP contribution in [-0.2, 0) is 16.6 Å². The van der Waals surface area contributed by atoms with Gasteiger partial charge in [-0.1, -0.05) is 23.7 Å². The van der Waals surface area contributed by atoms with E-state index in [9.17, 15) is 13.2 Å². The third kappa shape index (κ3) is 4.26. The molecule has 1 fully saturated rings. The number of aryl methyl sites for hydroxylation is 1. The molecule has 0 radical (unpaired) electrons. The van der Waals surface area contributed by atoms with Gasteiger partial charge in [-0.05, 0) is 61.2 Å². The van der Waals surface area contributed by atoms with Crippen LogP contribution in [0.3, 0.4) is 0 Å². The largest absolute Gasteiger partial charge is 0.349 e. The summed E-state index contributed by atoms with van der Waals surface area (Å²) in [4.78, 5) is 12.3. The van der Waals surface area contributed by atoms with Gasteiger partial charge >= 0.3 is 0 Å². The van der Waals surface area contributed by atoms with Crippen LogP contribution < -0.4 is 5.32 Å². The first-order valence-electron chi connectivity index (χ1n) is 8.39. The molecule has 0 saturated heterocycles. The first-order chi connectivity index (χ1) is 12.3. The van der Waals surface area contributed by atoms with E-state index in [4.69, 9.17) is 11.6 Å². The van der Waals surface area contributed by atoms with Gasteiger partial charge in [0.25, 0.3) is 5.91 Å². The number of nitrogens with one attached hydrogen (secondary N) is 1. The molecule has 1 aliphatic rings. The van der Waals surface area contributed by atoms with Crippen molar-refractivity contribution < 1.29 is 13.2 Å². The fourth-order valence-electron chi connectivity index (χ4n) is 2.67. The second-order valence-electron chi connectivity index (χ2n) is 6.62. The molecule has 0 aliphatic heterocycles. The van der Waals surface area contributed by atoms with E-state index in [0.717, 1.165) is 18.4 Å². The van der Waals surface area contributed by atoms with Crippen LogP contribution >= 0.6 is 11.6 Å². The molecule has 1 saturated carbocycles. The van der Waals surface area contributed by atoms with Crippen molar-refractivity contribution in [2.24, 2.45) is 0 Å². The van der Waals surface area contributed by atoms with Crippen LogP contribution in [-0.4, -0.2) is 31.7 Å². The second-order valence-corrected chi connectivity index (χ2v) is 9.07. The van der Waals surface area contributed by atoms with Crippen molar-refractivity contribution in [2.75, 3.05) is 7.05 Å². The molecule has 0 aromatic heterocycles. The standard InChI is InChI=1S/C19H21ClN2O3S/c1-13-11-16(20)7-10-18(13)26(24,25)22(2)12-14-3-5-15(6-4-14)19(23)21-17-8-9-17/h3-7,10-11,17H,8-9,12H2,1-2H3,(H,21,23). The van der Waals surface area contributed by atoms with Gasteiger partial charge in [0.15, 0.2) is 0 Å². The average molecular weight is 393 g/mol. The van der Waals surface area contributed by atoms with Crippen molar-refractivity contribution in [3.05, 3.63) is 64.2 Å². The summed E-state index contributed by atoms with van der Waals surface area (Å²) in [6, 6.07) is 12.0. The SMILES string of the molecule is Cc1cc(Cl)ccc1S(=O)(=O)N(C)Cc1ccc(C(=O)NC2CC2)cc1. The zero-order valence-electron chi connectivity index (χ0n) is 14.7. The van der Waals surface area contributed by atoms with Crippen LogP contribution in [0.5, 0.6) is 0 Å². The highest BCUT2D eigenvalue weighted by Gasteiger charge is 2.24. The Morgan fingerprint density at radius 3 is 2.42 bits per heavy atom. The third-order valence-corrected chi connectivity index (χ3v) is 6.56. The lowest BCUT2D eigenvalue weighted by atomic mass is 10.1. The van der Waals surface area contributed by atoms with Crippen LogP contribution in [0.2, 0.25) is 5.02 Å². The van der Waals surface area contributed by atoms with Crippen LogP contribution in [0.25, 0.3) is 0 Å². The topological polar surface area (TPSA) is 66.5 Å². The van der Waals surface area contributed by atoms with Gasteiger partial charge in [-0.2, -0.15) is 4.31 Å². The van der Waals surface area contributed by atoms with Gasteiger partial charge in [-0.15, -0.1) is 0 Å². The lowest BCUT2D eigenvalue weighted by Gasteiger charge is -2.19. The number of halogens is 1. The number of nitrogens with zero attached hydrogens (tertiary/aromatic N) is 1. The smallest absolute Gasteiger partial charge is 0.251 e. The van der Waals surface area contributed by atoms with Crippen LogP contribution in [0, 0.1) is 6.92 Å². The fraction of sp³-hybridized carbons (Fsp3) is 0.316. The van der Waals surface area contributed by atoms with Gasteiger partial charge in [0.1, 0.15) is 0 Å². The van der Waals surface area contributed by atoms with Crippen molar-refractivity contribution in [3.63, 3.8) is 0 Å². The molecule has 7 heteroatoms. The number of benzene rings is 2. The minimum atomic E-state index is -3.62. The Morgan fingerprint density at radius 2 is 1.85 bits per heavy atom. The molecule has 1 amide bonds. The number of carbonyl (C=O) groups is 1. The van der Waals surface area contributed by atoms with Gasteiger partial charge < -0.3 is 5.32 Å². The molecule has 0 heterocycles. The highest BCUT2D eigenvalue weighted by molar-refractivity contribution is 7.89. The molecule has 138 valence electrons. The second kappa shape index (κ2) is 7.39. The zero-order chi connectivity index (χ0) is 18.9. The zero-order valence-corrected chi connectivity index (χ0v) is 16.3. The molecular weight excluding hydrogens is 372 g/mol. The maximum atomic E-state index is 12.8. The van der Waals surface area contributed by atoms with Gasteiger partial charge in [-0.3, -0.25) is 4.79 Å². The molecule has 2 aromatic rings. The van der Waals surface area contributed by atoms with Crippen LogP contribution in [0.1, 0.15) is 34.3 Å². The molecular formula is C19H21ClN2O3S. The van der Waals surface area contributed by atoms with Crippen molar-refractivity contribution >= 4 is 27.5 Å². The van der Waals surface area contributed by atoms with Crippen molar-refractivity contribution in [3.8, 4) is 0 Å². The highest BCUT2D eigenvalue weighted by Crippen LogP contribution is 2.24. The van der Waals surface area contributed by atoms with Gasteiger partial charge in [0.05, 0.1) is 4.90 Å². The van der Waals surface area contributed by atoms with Crippen molar-refractivity contribution in [2.45, 2.75) is 37.2 Å². The Kier molecular flexibility index (Phi) is 5.37. The summed E-state index contributed by atoms with van der Waals surface area (Å²) in [6.07, 6.45) is 2.08. The number of amides is 1. The molecule has 26 heavy (non-hydrogen) atoms. The third-order valence-electron chi connectivity index (χ3n) is 4.36. The minimum Gasteiger partial charge on any atom is -0.349 e. The molecule has 0 unspecified atom stereocenters. The van der Waals surface area contributed by atoms with Gasteiger partial charge in [-0.25, -0.2) is 8.42 Å². The number of hydrogen-bond acceptors (Lipinski definition) is 3. The normalized spacial score (nSPS) is 14.5. The molecule has 1 aliphatic carbocycles. The van der Waals surface area contributed by atoms with E-state index in [-0.39, 0.29) is 17.3 Å². The van der Waals surface area contributed by atoms with E-state index in [0.29, 0.717) is 22.2 Å². The maximum absolute atomic E-state index is 12.8. The number of rotatable bonds is 6. The highest BCUT2D eigenvalue weighted by atomic mass is 35.5. The van der Waals surface area contributed by atoms with Crippen LogP contribution in [0.4, 0.5) is 0 Å². The quantitative estimate of drug-likeness (QED) is 0.819. The fourth-order valence-corrected chi connectivity index (χ4v) is 4.26. The summed E-state index contributed by atoms with van der Waals surface area (Å²) in [6.45, 7) is 1.94. The Labute approximate surface area is 159 Å². The Hall–Kier alpha value is -1.89. The molecule has 5 nitrogen and oxygen atoms in total. The first-order valence-corrected chi connectivity index (χ1v) is 10.2. The molecule has 2 aromatic carbocycles. The number of hydrogen-bond donors (Lipinski definition) is 1. The van der Waals surface area contributed by atoms with E-state index in [1.807, 2.05) is 0 Å². The first kappa shape index (κ1) is 18.9. The number of sulfonamides is 1. The molecule has 0 bridgehead atoms. The maximum Gasteiger partial charge on any atom is 0.251 e. The summed E-state index contributed by atoms with van der Waals surface area (Å²) in [5.41, 5.74) is 2.00. The molecule has 0 spiro atoms. The van der Waals surface area contributed by atoms with Crippen LogP contribution in [0.15, 0.2) is 47.4 Å². The lowest BCUT2D eigenvalue weighted by molar-refractivity contribution is 0.0951. The Bertz CT molecular complexity index is 922. The van der Waals surface area contributed by atoms with E-state index in [1.165, 1.54) is 17.4 Å². The predicted molar refractivity (Wildman–Crippen MR) is 102 cm³/mol. The summed E-state index contributed by atoms with van der Waals surface area (Å²) in [7, 11) is -2.08. The summed E-state index contributed by atoms with van der Waals surface area (Å²) in [5.74, 6) is -0.0863. The summed E-state index contributed by atoms with van der Waals surface area (Å²) < 4.78 is 26.9. The van der Waals surface area contributed by atoms with E-state index < -0.39 is 10.0 Å². The minimum absolute atomic E-state index is 0.0863. The molecule has 1 N–H and O–H groups in total. The van der Waals surface area contributed by atoms with Crippen molar-refractivity contribution in [1.82, 2.24) is 9.62 Å². The van der Waals surface area contributed by atoms with Gasteiger partial charge in [0, 0.05) is 30.2 Å². The van der Waals surface area contributed by atoms with E-state index in [1.54, 1.807) is 43.3 Å². The average Bonchev–Trinajstić information content (AvgIpc) is 3.39. The monoisotopic (exact) mass is 392 g/mol. The Morgan fingerprint density at radius 1 is 1.19 bits per heavy atom.